The smallest absolute Gasteiger partial charge is 0.245 e. The van der Waals surface area contributed by atoms with Crippen LogP contribution in [0.5, 0.6) is 23.0 Å². The summed E-state index contributed by atoms with van der Waals surface area (Å²) in [6.45, 7) is 20.6. The van der Waals surface area contributed by atoms with Crippen molar-refractivity contribution in [3.05, 3.63) is 132 Å². The van der Waals surface area contributed by atoms with Crippen molar-refractivity contribution in [3.63, 3.8) is 0 Å². The Labute approximate surface area is 539 Å². The molecule has 0 saturated carbocycles. The molecule has 0 fully saturated rings. The summed E-state index contributed by atoms with van der Waals surface area (Å²) in [5, 5.41) is 0. The molecule has 0 atom stereocenters. The summed E-state index contributed by atoms with van der Waals surface area (Å²) in [6, 6.07) is 32.6. The number of ether oxygens (including phenoxy) is 16. The van der Waals surface area contributed by atoms with E-state index in [1.165, 1.54) is 6.42 Å². The van der Waals surface area contributed by atoms with Gasteiger partial charge in [-0.2, -0.15) is 0 Å². The van der Waals surface area contributed by atoms with Crippen LogP contribution in [0.3, 0.4) is 0 Å². The van der Waals surface area contributed by atoms with Crippen molar-refractivity contribution in [1.29, 1.82) is 0 Å². The normalized spacial score (nSPS) is 11.2. The second-order valence-corrected chi connectivity index (χ2v) is 20.5. The Bertz CT molecular complexity index is 2800. The lowest BCUT2D eigenvalue weighted by Gasteiger charge is -2.14. The highest BCUT2D eigenvalue weighted by atomic mass is 16.6. The number of nitrogen functional groups attached to an aromatic ring is 2. The summed E-state index contributed by atoms with van der Waals surface area (Å²) in [5.41, 5.74) is 21.9. The van der Waals surface area contributed by atoms with E-state index in [9.17, 15) is 0 Å². The molecule has 0 aliphatic carbocycles. The molecule has 91 heavy (non-hydrogen) atoms. The van der Waals surface area contributed by atoms with Crippen LogP contribution in [0.1, 0.15) is 56.4 Å². The Hall–Kier alpha value is -6.64. The molecule has 0 unspecified atom stereocenters. The minimum Gasteiger partial charge on any atom is -0.487 e. The molecule has 0 aliphatic rings. The lowest BCUT2D eigenvalue weighted by Crippen LogP contribution is -2.33. The Balaban J connectivity index is 0.00000292. The lowest BCUT2D eigenvalue weighted by molar-refractivity contribution is -0.663. The van der Waals surface area contributed by atoms with E-state index in [1.54, 1.807) is 28.4 Å². The largest absolute Gasteiger partial charge is 0.487 e. The summed E-state index contributed by atoms with van der Waals surface area (Å²) < 4.78 is 101. The molecule has 504 valence electrons. The van der Waals surface area contributed by atoms with Gasteiger partial charge in [0.2, 0.25) is 12.7 Å². The van der Waals surface area contributed by atoms with Crippen molar-refractivity contribution in [3.8, 4) is 23.0 Å². The number of anilines is 2. The van der Waals surface area contributed by atoms with E-state index in [2.05, 4.69) is 105 Å². The van der Waals surface area contributed by atoms with Gasteiger partial charge in [-0.1, -0.05) is 82.6 Å². The molecule has 22 nitrogen and oxygen atoms in total. The maximum Gasteiger partial charge on any atom is 0.245 e. The fraction of sp³-hybridized carbons (Fsp3) is 0.536. The van der Waals surface area contributed by atoms with Crippen molar-refractivity contribution in [2.24, 2.45) is 0 Å². The molecule has 0 spiro atoms. The fourth-order valence-electron chi connectivity index (χ4n) is 9.11. The molecule has 2 aromatic heterocycles. The van der Waals surface area contributed by atoms with Crippen LogP contribution < -0.4 is 39.5 Å². The van der Waals surface area contributed by atoms with Crippen LogP contribution in [-0.4, -0.2) is 196 Å². The first-order valence-electron chi connectivity index (χ1n) is 31.8. The van der Waals surface area contributed by atoms with E-state index in [-0.39, 0.29) is 13.2 Å². The monoisotopic (exact) mass is 1270 g/mol. The predicted octanol–water partition coefficient (Wildman–Crippen LogP) is 8.20. The van der Waals surface area contributed by atoms with E-state index >= 15 is 0 Å². The first-order chi connectivity index (χ1) is 44.8. The maximum atomic E-state index is 6.51. The summed E-state index contributed by atoms with van der Waals surface area (Å²) in [5.74, 6) is 2.31. The highest BCUT2D eigenvalue weighted by Gasteiger charge is 2.25. The number of hydrogen-bond donors (Lipinski definition) is 2. The minimum atomic E-state index is 0.285. The van der Waals surface area contributed by atoms with Crippen LogP contribution in [0.25, 0.3) is 22.1 Å². The van der Waals surface area contributed by atoms with Crippen LogP contribution in [0.15, 0.2) is 110 Å². The topological polar surface area (TPSA) is 217 Å². The van der Waals surface area contributed by atoms with Crippen molar-refractivity contribution in [1.82, 2.24) is 9.13 Å². The van der Waals surface area contributed by atoms with E-state index in [4.69, 9.17) is 87.3 Å². The van der Waals surface area contributed by atoms with Crippen LogP contribution in [0.4, 0.5) is 11.4 Å². The quantitative estimate of drug-likeness (QED) is 0.0209. The predicted molar refractivity (Wildman–Crippen MR) is 352 cm³/mol. The molecule has 0 saturated heterocycles. The number of aromatic nitrogens is 4. The Kier molecular flexibility index (Phi) is 38.3. The third-order valence-electron chi connectivity index (χ3n) is 13.5. The average molecular weight is 1270 g/mol. The molecular weight excluding hydrogens is 1170 g/mol. The lowest BCUT2D eigenvalue weighted by atomic mass is 10.1. The average Bonchev–Trinajstić information content (AvgIpc) is 1.79. The molecule has 22 heteroatoms. The van der Waals surface area contributed by atoms with Crippen molar-refractivity contribution >= 4 is 33.4 Å². The number of nitrogens with zero attached hydrogens (tertiary/aromatic N) is 4. The first-order valence-corrected chi connectivity index (χ1v) is 31.8. The zero-order chi connectivity index (χ0) is 64.9. The van der Waals surface area contributed by atoms with Gasteiger partial charge in [0.05, 0.1) is 132 Å². The Morgan fingerprint density at radius 2 is 0.593 bits per heavy atom. The van der Waals surface area contributed by atoms with Gasteiger partial charge in [0.1, 0.15) is 52.6 Å². The van der Waals surface area contributed by atoms with Crippen LogP contribution in [-0.2, 0) is 83.0 Å². The highest BCUT2D eigenvalue weighted by Crippen LogP contribution is 2.35. The van der Waals surface area contributed by atoms with Gasteiger partial charge in [0.25, 0.3) is 0 Å². The van der Waals surface area contributed by atoms with Crippen molar-refractivity contribution in [2.45, 2.75) is 60.3 Å². The number of benzene rings is 5. The minimum absolute atomic E-state index is 0.285. The van der Waals surface area contributed by atoms with Crippen LogP contribution in [0, 0.1) is 0 Å². The fourth-order valence-corrected chi connectivity index (χ4v) is 9.11. The number of imidazole rings is 2. The van der Waals surface area contributed by atoms with Gasteiger partial charge < -0.3 is 87.3 Å². The van der Waals surface area contributed by atoms with E-state index < -0.39 is 0 Å². The van der Waals surface area contributed by atoms with Gasteiger partial charge in [-0.25, -0.2) is 18.3 Å². The Morgan fingerprint density at radius 3 is 0.868 bits per heavy atom. The van der Waals surface area contributed by atoms with Gasteiger partial charge in [0.15, 0.2) is 45.1 Å². The number of hydrogen-bond acceptors (Lipinski definition) is 18. The van der Waals surface area contributed by atoms with Gasteiger partial charge in [-0.3, -0.25) is 0 Å². The summed E-state index contributed by atoms with van der Waals surface area (Å²) in [6.07, 6.45) is 5.56. The third-order valence-corrected chi connectivity index (χ3v) is 13.5. The number of methoxy groups -OCH3 is 4. The molecule has 0 bridgehead atoms. The number of fused-ring (bicyclic) bond motifs is 2. The highest BCUT2D eigenvalue weighted by molar-refractivity contribution is 5.78. The van der Waals surface area contributed by atoms with E-state index in [0.717, 1.165) is 44.3 Å². The molecule has 0 amide bonds. The summed E-state index contributed by atoms with van der Waals surface area (Å²) >= 11 is 0. The van der Waals surface area contributed by atoms with Gasteiger partial charge in [0, 0.05) is 75.2 Å². The molecule has 7 aromatic rings. The zero-order valence-corrected chi connectivity index (χ0v) is 55.4. The number of nitrogens with two attached hydrogens (primary N) is 2. The Morgan fingerprint density at radius 1 is 0.341 bits per heavy atom. The zero-order valence-electron chi connectivity index (χ0n) is 55.4. The molecule has 4 N–H and O–H groups in total. The second-order valence-electron chi connectivity index (χ2n) is 20.5. The molecule has 7 rings (SSSR count). The standard InChI is InChI=1S/C64H90N6O16.C3H8.C2H6/c1-71-17-21-75-25-29-79-33-37-83-61-41-57-59(43-63(61)85-39-35-81-31-27-77-23-19-73-3)69(49-67(57)45-51-9-13-55(65)14-10-51)47-53-7-5-6-8-54(53)48-70-50-68(46-52-11-15-56(66)16-12-52)58-42-62(84-38-34-80-30-26-76-22-18-72-2)64(44-60(58)70)86-40-36-82-32-28-78-24-20-74-4;1-3-2;1-2/h5-16,41-44,49-50H,17-40,45-48,65-66H2,1-4H3;3H2,1-2H3;1-2H3/q+2;;. The van der Waals surface area contributed by atoms with Crippen molar-refractivity contribution < 1.29 is 84.9 Å². The summed E-state index contributed by atoms with van der Waals surface area (Å²) in [4.78, 5) is 0. The van der Waals surface area contributed by atoms with Crippen molar-refractivity contribution in [2.75, 3.05) is 198 Å². The molecule has 0 aliphatic heterocycles. The molecule has 2 heterocycles. The third kappa shape index (κ3) is 28.0. The number of rotatable bonds is 48. The van der Waals surface area contributed by atoms with Gasteiger partial charge in [-0.05, 0) is 35.4 Å². The molecule has 0 radical (unpaired) electrons. The summed E-state index contributed by atoms with van der Waals surface area (Å²) in [7, 11) is 6.59. The molecule has 5 aromatic carbocycles. The first kappa shape index (κ1) is 75.1. The SMILES string of the molecule is CC.CCC.COCCOCCOCCOc1cc2c(cc1OCCOCCOCCOC)[n+](Cc1ccc(N)cc1)cn2Cc1ccccc1Cn1c[n+](Cc2ccc(N)cc2)c2cc(OCCOCCOCCOC)c(OCCOCCOCCOC)cc21. The van der Waals surface area contributed by atoms with Gasteiger partial charge in [-0.15, -0.1) is 0 Å². The molecular formula is C69H104N6O16+2. The second kappa shape index (κ2) is 46.4. The van der Waals surface area contributed by atoms with Crippen LogP contribution >= 0.6 is 0 Å². The van der Waals surface area contributed by atoms with Crippen LogP contribution in [0.2, 0.25) is 0 Å². The van der Waals surface area contributed by atoms with Gasteiger partial charge >= 0.3 is 0 Å². The van der Waals surface area contributed by atoms with E-state index in [1.807, 2.05) is 50.2 Å². The maximum absolute atomic E-state index is 6.51. The van der Waals surface area contributed by atoms with E-state index in [0.29, 0.717) is 206 Å².